The van der Waals surface area contributed by atoms with Gasteiger partial charge < -0.3 is 10.2 Å². The van der Waals surface area contributed by atoms with Crippen LogP contribution in [0, 0.1) is 6.92 Å². The summed E-state index contributed by atoms with van der Waals surface area (Å²) in [5.74, 6) is 0.330. The molecule has 1 heterocycles. The number of halogens is 1. The van der Waals surface area contributed by atoms with Crippen molar-refractivity contribution < 1.29 is 4.79 Å². The molecule has 0 saturated carbocycles. The van der Waals surface area contributed by atoms with Gasteiger partial charge in [0.25, 0.3) is 0 Å². The van der Waals surface area contributed by atoms with Crippen molar-refractivity contribution in [3.05, 3.63) is 28.2 Å². The number of carbonyl (C=O) groups is 1. The number of aryl methyl sites for hydroxylation is 1. The van der Waals surface area contributed by atoms with Gasteiger partial charge >= 0.3 is 0 Å². The smallest absolute Gasteiger partial charge is 0.234 e. The topological polar surface area (TPSA) is 32.3 Å². The standard InChI is InChI=1S/C14H17BrN2OS2/c1-10-4-5-12(11(15)8-10)16-13(18)9-20-14(19)17-6-2-3-7-17/h4-5,8H,2-3,6-7,9H2,1H3,(H,16,18). The Bertz CT molecular complexity index is 516. The minimum atomic E-state index is -0.0268. The van der Waals surface area contributed by atoms with Crippen LogP contribution in [0.2, 0.25) is 0 Å². The summed E-state index contributed by atoms with van der Waals surface area (Å²) in [7, 11) is 0. The fourth-order valence-corrected chi connectivity index (χ4v) is 3.67. The molecule has 1 aromatic rings. The van der Waals surface area contributed by atoms with Gasteiger partial charge in [-0.25, -0.2) is 0 Å². The van der Waals surface area contributed by atoms with Crippen molar-refractivity contribution in [2.24, 2.45) is 0 Å². The molecule has 1 fully saturated rings. The zero-order valence-corrected chi connectivity index (χ0v) is 14.5. The van der Waals surface area contributed by atoms with Crippen molar-refractivity contribution >= 4 is 55.8 Å². The van der Waals surface area contributed by atoms with E-state index in [4.69, 9.17) is 12.2 Å². The van der Waals surface area contributed by atoms with E-state index in [2.05, 4.69) is 26.1 Å². The molecule has 3 nitrogen and oxygen atoms in total. The number of rotatable bonds is 3. The van der Waals surface area contributed by atoms with E-state index in [9.17, 15) is 4.79 Å². The SMILES string of the molecule is Cc1ccc(NC(=O)CSC(=S)N2CCCC2)c(Br)c1. The van der Waals surface area contributed by atoms with Crippen LogP contribution in [0.3, 0.4) is 0 Å². The van der Waals surface area contributed by atoms with E-state index in [0.717, 1.165) is 33.1 Å². The third-order valence-electron chi connectivity index (χ3n) is 3.09. The zero-order valence-electron chi connectivity index (χ0n) is 11.3. The zero-order chi connectivity index (χ0) is 14.5. The molecule has 20 heavy (non-hydrogen) atoms. The summed E-state index contributed by atoms with van der Waals surface area (Å²) in [6.07, 6.45) is 2.40. The summed E-state index contributed by atoms with van der Waals surface area (Å²) in [5, 5.41) is 2.90. The number of hydrogen-bond acceptors (Lipinski definition) is 3. The Morgan fingerprint density at radius 3 is 2.80 bits per heavy atom. The van der Waals surface area contributed by atoms with Gasteiger partial charge in [-0.15, -0.1) is 0 Å². The van der Waals surface area contributed by atoms with Crippen molar-refractivity contribution in [2.45, 2.75) is 19.8 Å². The number of nitrogens with zero attached hydrogens (tertiary/aromatic N) is 1. The first kappa shape index (κ1) is 15.8. The molecule has 0 spiro atoms. The molecule has 0 bridgehead atoms. The summed E-state index contributed by atoms with van der Waals surface area (Å²) < 4.78 is 1.73. The molecule has 1 aliphatic rings. The molecule has 0 atom stereocenters. The van der Waals surface area contributed by atoms with Crippen molar-refractivity contribution in [3.63, 3.8) is 0 Å². The van der Waals surface area contributed by atoms with Crippen molar-refractivity contribution in [1.29, 1.82) is 0 Å². The van der Waals surface area contributed by atoms with Gasteiger partial charge in [0.05, 0.1) is 11.4 Å². The third kappa shape index (κ3) is 4.46. The van der Waals surface area contributed by atoms with E-state index >= 15 is 0 Å². The van der Waals surface area contributed by atoms with Crippen LogP contribution in [0.15, 0.2) is 22.7 Å². The van der Waals surface area contributed by atoms with Crippen LogP contribution < -0.4 is 5.32 Å². The molecule has 108 valence electrons. The number of anilines is 1. The average molecular weight is 373 g/mol. The van der Waals surface area contributed by atoms with Gasteiger partial charge in [0.2, 0.25) is 5.91 Å². The minimum Gasteiger partial charge on any atom is -0.358 e. The van der Waals surface area contributed by atoms with Gasteiger partial charge in [-0.05, 0) is 53.4 Å². The molecule has 1 aromatic carbocycles. The molecule has 1 aliphatic heterocycles. The largest absolute Gasteiger partial charge is 0.358 e. The third-order valence-corrected chi connectivity index (χ3v) is 5.27. The van der Waals surface area contributed by atoms with Crippen LogP contribution in [-0.2, 0) is 4.79 Å². The van der Waals surface area contributed by atoms with Crippen molar-refractivity contribution in [3.8, 4) is 0 Å². The Morgan fingerprint density at radius 2 is 2.15 bits per heavy atom. The van der Waals surface area contributed by atoms with Gasteiger partial charge in [0, 0.05) is 17.6 Å². The number of carbonyl (C=O) groups excluding carboxylic acids is 1. The van der Waals surface area contributed by atoms with Crippen LogP contribution in [0.5, 0.6) is 0 Å². The number of amides is 1. The van der Waals surface area contributed by atoms with Gasteiger partial charge in [-0.3, -0.25) is 4.79 Å². The molecular weight excluding hydrogens is 356 g/mol. The molecule has 0 radical (unpaired) electrons. The van der Waals surface area contributed by atoms with Gasteiger partial charge in [-0.2, -0.15) is 0 Å². The van der Waals surface area contributed by atoms with Crippen LogP contribution in [-0.4, -0.2) is 34.0 Å². The molecular formula is C14H17BrN2OS2. The molecule has 1 N–H and O–H groups in total. The summed E-state index contributed by atoms with van der Waals surface area (Å²) in [4.78, 5) is 14.1. The van der Waals surface area contributed by atoms with E-state index in [1.807, 2.05) is 25.1 Å². The first-order chi connectivity index (χ1) is 9.56. The summed E-state index contributed by atoms with van der Waals surface area (Å²) in [5.41, 5.74) is 1.95. The maximum Gasteiger partial charge on any atom is 0.234 e. The Kier molecular flexibility index (Phi) is 5.86. The minimum absolute atomic E-state index is 0.0268. The van der Waals surface area contributed by atoms with Crippen LogP contribution in [0.1, 0.15) is 18.4 Å². The average Bonchev–Trinajstić information content (AvgIpc) is 2.93. The highest BCUT2D eigenvalue weighted by atomic mass is 79.9. The Hall–Kier alpha value is -0.590. The number of thioether (sulfide) groups is 1. The first-order valence-corrected chi connectivity index (χ1v) is 8.72. The molecule has 1 amide bonds. The predicted octanol–water partition coefficient (Wildman–Crippen LogP) is 3.81. The number of likely N-dealkylation sites (tertiary alicyclic amines) is 1. The normalized spacial score (nSPS) is 14.4. The second kappa shape index (κ2) is 7.43. The predicted molar refractivity (Wildman–Crippen MR) is 93.4 cm³/mol. The highest BCUT2D eigenvalue weighted by Crippen LogP contribution is 2.24. The first-order valence-electron chi connectivity index (χ1n) is 6.54. The lowest BCUT2D eigenvalue weighted by Crippen LogP contribution is -2.25. The van der Waals surface area contributed by atoms with Crippen LogP contribution in [0.25, 0.3) is 0 Å². The Morgan fingerprint density at radius 1 is 1.45 bits per heavy atom. The lowest BCUT2D eigenvalue weighted by molar-refractivity contribution is -0.113. The van der Waals surface area contributed by atoms with Crippen LogP contribution in [0.4, 0.5) is 5.69 Å². The number of benzene rings is 1. The van der Waals surface area contributed by atoms with E-state index < -0.39 is 0 Å². The molecule has 6 heteroatoms. The summed E-state index contributed by atoms with van der Waals surface area (Å²) in [6, 6.07) is 5.86. The summed E-state index contributed by atoms with van der Waals surface area (Å²) >= 11 is 10.2. The van der Waals surface area contributed by atoms with E-state index in [1.54, 1.807) is 0 Å². The molecule has 1 saturated heterocycles. The van der Waals surface area contributed by atoms with E-state index in [-0.39, 0.29) is 5.91 Å². The Balaban J connectivity index is 1.81. The molecule has 0 aromatic heterocycles. The number of nitrogens with one attached hydrogen (secondary N) is 1. The molecule has 0 aliphatic carbocycles. The second-order valence-corrected chi connectivity index (χ2v) is 7.24. The van der Waals surface area contributed by atoms with Gasteiger partial charge in [0.1, 0.15) is 4.32 Å². The van der Waals surface area contributed by atoms with Crippen molar-refractivity contribution in [1.82, 2.24) is 4.90 Å². The number of hydrogen-bond donors (Lipinski definition) is 1. The molecule has 2 rings (SSSR count). The van der Waals surface area contributed by atoms with E-state index in [0.29, 0.717) is 5.75 Å². The fraction of sp³-hybridized carbons (Fsp3) is 0.429. The van der Waals surface area contributed by atoms with Crippen molar-refractivity contribution in [2.75, 3.05) is 24.2 Å². The monoisotopic (exact) mass is 372 g/mol. The lowest BCUT2D eigenvalue weighted by Gasteiger charge is -2.17. The molecule has 0 unspecified atom stereocenters. The fourth-order valence-electron chi connectivity index (χ4n) is 2.03. The highest BCUT2D eigenvalue weighted by molar-refractivity contribution is 9.10. The summed E-state index contributed by atoms with van der Waals surface area (Å²) in [6.45, 7) is 4.06. The van der Waals surface area contributed by atoms with Gasteiger partial charge in [-0.1, -0.05) is 30.0 Å². The Labute approximate surface area is 137 Å². The lowest BCUT2D eigenvalue weighted by atomic mass is 10.2. The number of thiocarbonyl (C=S) groups is 1. The van der Waals surface area contributed by atoms with Crippen LogP contribution >= 0.6 is 39.9 Å². The maximum atomic E-state index is 11.9. The second-order valence-electron chi connectivity index (χ2n) is 4.78. The maximum absolute atomic E-state index is 11.9. The quantitative estimate of drug-likeness (QED) is 0.817. The van der Waals surface area contributed by atoms with Gasteiger partial charge in [0.15, 0.2) is 0 Å². The van der Waals surface area contributed by atoms with E-state index in [1.165, 1.54) is 24.6 Å². The highest BCUT2D eigenvalue weighted by Gasteiger charge is 2.16.